The summed E-state index contributed by atoms with van der Waals surface area (Å²) in [4.78, 5) is 0. The van der Waals surface area contributed by atoms with Crippen molar-refractivity contribution in [3.63, 3.8) is 0 Å². The van der Waals surface area contributed by atoms with Crippen LogP contribution in [-0.4, -0.2) is 13.1 Å². The zero-order chi connectivity index (χ0) is 9.10. The fraction of sp³-hybridized carbons (Fsp3) is 0.750. The molecule has 72 valence electrons. The number of nitrogens with zero attached hydrogens (tertiary/aromatic N) is 2. The van der Waals surface area contributed by atoms with Crippen molar-refractivity contribution in [3.05, 3.63) is 11.8 Å². The minimum Gasteiger partial charge on any atom is -0.487 e. The normalized spacial score (nSPS) is 23.2. The third kappa shape index (κ3) is 2.18. The van der Waals surface area contributed by atoms with Crippen LogP contribution in [0.5, 0.6) is 0 Å². The van der Waals surface area contributed by atoms with Gasteiger partial charge in [-0.15, -0.1) is 0 Å². The van der Waals surface area contributed by atoms with E-state index in [1.165, 1.54) is 12.8 Å². The molecule has 0 bridgehead atoms. The Morgan fingerprint density at radius 1 is 1.77 bits per heavy atom. The summed E-state index contributed by atoms with van der Waals surface area (Å²) in [5, 5.41) is 14.2. The van der Waals surface area contributed by atoms with Crippen LogP contribution in [0.4, 0.5) is 0 Å². The number of hydrogen-bond acceptors (Lipinski definition) is 3. The average Bonchev–Trinajstić information content (AvgIpc) is 2.53. The first-order valence-electron chi connectivity index (χ1n) is 4.63. The Kier molecular flexibility index (Phi) is 2.44. The summed E-state index contributed by atoms with van der Waals surface area (Å²) >= 11 is 0. The van der Waals surface area contributed by atoms with Gasteiger partial charge < -0.3 is 9.84 Å². The molecule has 1 aromatic heterocycles. The second kappa shape index (κ2) is 3.74. The lowest BCUT2D eigenvalue weighted by Crippen LogP contribution is -2.45. The van der Waals surface area contributed by atoms with E-state index in [-0.39, 0.29) is 5.55 Å². The van der Waals surface area contributed by atoms with Gasteiger partial charge in [0.25, 0.3) is 5.55 Å². The summed E-state index contributed by atoms with van der Waals surface area (Å²) in [6.07, 6.45) is 4.09. The van der Waals surface area contributed by atoms with E-state index in [1.807, 2.05) is 0 Å². The summed E-state index contributed by atoms with van der Waals surface area (Å²) < 4.78 is 6.37. The van der Waals surface area contributed by atoms with E-state index in [1.54, 1.807) is 10.9 Å². The van der Waals surface area contributed by atoms with Gasteiger partial charge in [0.1, 0.15) is 6.54 Å². The van der Waals surface area contributed by atoms with E-state index < -0.39 is 0 Å². The first-order chi connectivity index (χ1) is 6.34. The van der Waals surface area contributed by atoms with Crippen LogP contribution in [-0.2, 0) is 6.54 Å². The predicted molar refractivity (Wildman–Crippen MR) is 43.7 cm³/mol. The van der Waals surface area contributed by atoms with Crippen LogP contribution in [0.3, 0.4) is 0 Å². The number of rotatable bonds is 2. The molecule has 0 spiro atoms. The van der Waals surface area contributed by atoms with E-state index in [0.29, 0.717) is 5.92 Å². The molecular weight excluding hydrogens is 168 g/mol. The molecule has 1 aliphatic heterocycles. The number of aromatic nitrogens is 2. The summed E-state index contributed by atoms with van der Waals surface area (Å²) in [7, 11) is 0. The molecule has 0 radical (unpaired) electrons. The van der Waals surface area contributed by atoms with E-state index in [0.717, 1.165) is 19.6 Å². The largest absolute Gasteiger partial charge is 0.487 e. The van der Waals surface area contributed by atoms with Crippen molar-refractivity contribution in [1.29, 1.82) is 5.41 Å². The standard InChI is InChI=1S/C8H14N4O/c9-8-6-12(11-13-8)5-7-2-1-3-10-4-7/h6-7,9-10H,1-5H2. The zero-order valence-corrected chi connectivity index (χ0v) is 7.49. The van der Waals surface area contributed by atoms with Crippen LogP contribution < -0.4 is 20.8 Å². The Morgan fingerprint density at radius 3 is 3.31 bits per heavy atom. The number of nitrogens with one attached hydrogen (secondary N) is 2. The second-order valence-corrected chi connectivity index (χ2v) is 3.50. The molecule has 5 nitrogen and oxygen atoms in total. The zero-order valence-electron chi connectivity index (χ0n) is 7.49. The fourth-order valence-corrected chi connectivity index (χ4v) is 1.71. The molecular formula is C8H14N4O. The second-order valence-electron chi connectivity index (χ2n) is 3.50. The first kappa shape index (κ1) is 8.50. The Bertz CT molecular complexity index is 310. The molecule has 0 aromatic carbocycles. The highest BCUT2D eigenvalue weighted by molar-refractivity contribution is 4.65. The van der Waals surface area contributed by atoms with Crippen LogP contribution in [0.2, 0.25) is 0 Å². The van der Waals surface area contributed by atoms with Gasteiger partial charge in [0.2, 0.25) is 6.20 Å². The minimum absolute atomic E-state index is 0.128. The van der Waals surface area contributed by atoms with Gasteiger partial charge in [0.15, 0.2) is 0 Å². The highest BCUT2D eigenvalue weighted by Crippen LogP contribution is 2.08. The van der Waals surface area contributed by atoms with Crippen molar-refractivity contribution in [3.8, 4) is 0 Å². The lowest BCUT2D eigenvalue weighted by molar-refractivity contribution is -0.772. The Labute approximate surface area is 76.2 Å². The Balaban J connectivity index is 1.93. The van der Waals surface area contributed by atoms with Crippen LogP contribution in [0, 0.1) is 11.3 Å². The third-order valence-corrected chi connectivity index (χ3v) is 2.35. The predicted octanol–water partition coefficient (Wildman–Crippen LogP) is -0.997. The molecule has 1 saturated heterocycles. The molecule has 2 rings (SSSR count). The molecule has 1 aliphatic rings. The highest BCUT2D eigenvalue weighted by Gasteiger charge is 2.15. The molecule has 0 saturated carbocycles. The van der Waals surface area contributed by atoms with Crippen molar-refractivity contribution in [2.75, 3.05) is 13.1 Å². The monoisotopic (exact) mass is 182 g/mol. The van der Waals surface area contributed by atoms with E-state index >= 15 is 0 Å². The molecule has 1 aromatic rings. The Hall–Kier alpha value is -1.10. The molecule has 1 unspecified atom stereocenters. The maximum atomic E-state index is 7.17. The summed E-state index contributed by atoms with van der Waals surface area (Å²) in [5.41, 5.74) is 0.128. The molecule has 0 aliphatic carbocycles. The van der Waals surface area contributed by atoms with Crippen molar-refractivity contribution in [2.24, 2.45) is 5.92 Å². The van der Waals surface area contributed by atoms with Crippen LogP contribution >= 0.6 is 0 Å². The van der Waals surface area contributed by atoms with Gasteiger partial charge in [-0.3, -0.25) is 10.7 Å². The summed E-state index contributed by atoms with van der Waals surface area (Å²) in [6.45, 7) is 3.03. The van der Waals surface area contributed by atoms with Crippen LogP contribution in [0.1, 0.15) is 12.8 Å². The topological polar surface area (TPSA) is 67.0 Å². The van der Waals surface area contributed by atoms with Gasteiger partial charge >= 0.3 is 0 Å². The van der Waals surface area contributed by atoms with Crippen LogP contribution in [0.15, 0.2) is 10.7 Å². The molecule has 1 atom stereocenters. The maximum Gasteiger partial charge on any atom is 0.264 e. The lowest BCUT2D eigenvalue weighted by Gasteiger charge is -2.20. The van der Waals surface area contributed by atoms with E-state index in [9.17, 15) is 0 Å². The third-order valence-electron chi connectivity index (χ3n) is 2.35. The first-order valence-corrected chi connectivity index (χ1v) is 4.63. The quantitative estimate of drug-likeness (QED) is 0.577. The molecule has 2 N–H and O–H groups in total. The van der Waals surface area contributed by atoms with Crippen molar-refractivity contribution >= 4 is 0 Å². The molecule has 2 heterocycles. The van der Waals surface area contributed by atoms with Gasteiger partial charge in [-0.25, -0.2) is 4.68 Å². The van der Waals surface area contributed by atoms with Gasteiger partial charge in [0.05, 0.1) is 0 Å². The van der Waals surface area contributed by atoms with Crippen molar-refractivity contribution in [1.82, 2.24) is 10.6 Å². The summed E-state index contributed by atoms with van der Waals surface area (Å²) in [5.74, 6) is 0.628. The number of hydrogen-bond donors (Lipinski definition) is 2. The molecule has 1 fully saturated rings. The molecule has 0 amide bonds. The number of piperidine rings is 1. The SMILES string of the molecule is N=c1c[n+](CC2CCCNC2)[n-]o1. The molecule has 13 heavy (non-hydrogen) atoms. The van der Waals surface area contributed by atoms with E-state index in [2.05, 4.69) is 15.1 Å². The summed E-state index contributed by atoms with van der Waals surface area (Å²) in [6, 6.07) is 0. The Morgan fingerprint density at radius 2 is 2.69 bits per heavy atom. The van der Waals surface area contributed by atoms with Gasteiger partial charge in [0, 0.05) is 12.5 Å². The van der Waals surface area contributed by atoms with Crippen molar-refractivity contribution < 1.29 is 9.20 Å². The van der Waals surface area contributed by atoms with Gasteiger partial charge in [-0.2, -0.15) is 0 Å². The van der Waals surface area contributed by atoms with Crippen molar-refractivity contribution in [2.45, 2.75) is 19.4 Å². The smallest absolute Gasteiger partial charge is 0.264 e. The lowest BCUT2D eigenvalue weighted by atomic mass is 10.00. The van der Waals surface area contributed by atoms with Gasteiger partial charge in [-0.1, -0.05) is 0 Å². The van der Waals surface area contributed by atoms with E-state index in [4.69, 9.17) is 5.41 Å². The average molecular weight is 182 g/mol. The van der Waals surface area contributed by atoms with Crippen LogP contribution in [0.25, 0.3) is 0 Å². The minimum atomic E-state index is 0.128. The fourth-order valence-electron chi connectivity index (χ4n) is 1.71. The van der Waals surface area contributed by atoms with Gasteiger partial charge in [-0.05, 0) is 19.4 Å². The maximum absolute atomic E-state index is 7.17. The highest BCUT2D eigenvalue weighted by atomic mass is 16.5. The molecule has 5 heteroatoms.